The quantitative estimate of drug-likeness (QED) is 0.665. The average Bonchev–Trinajstić information content (AvgIpc) is 3.12. The zero-order valence-electron chi connectivity index (χ0n) is 15.4. The maximum absolute atomic E-state index is 14.1. The van der Waals surface area contributed by atoms with Gasteiger partial charge in [0.25, 0.3) is 10.0 Å². The largest absolute Gasteiger partial charge is 0.378 e. The molecule has 0 saturated carbocycles. The van der Waals surface area contributed by atoms with Gasteiger partial charge in [-0.25, -0.2) is 12.8 Å². The first-order chi connectivity index (χ1) is 13.3. The van der Waals surface area contributed by atoms with E-state index in [1.54, 1.807) is 6.20 Å². The third-order valence-corrected chi connectivity index (χ3v) is 5.69. The molecule has 0 spiro atoms. The van der Waals surface area contributed by atoms with Crippen molar-refractivity contribution in [2.45, 2.75) is 11.3 Å². The van der Waals surface area contributed by atoms with Crippen molar-refractivity contribution in [3.05, 3.63) is 77.4 Å². The highest BCUT2D eigenvalue weighted by molar-refractivity contribution is 7.92. The number of nitrogens with one attached hydrogen (secondary N) is 2. The first-order valence-electron chi connectivity index (χ1n) is 8.44. The van der Waals surface area contributed by atoms with Crippen LogP contribution in [0.4, 0.5) is 15.8 Å². The number of benzene rings is 2. The SMILES string of the molecule is CN(C)c1cccc(Cc2c[nH]cc2S(=O)(=O)Nc2ccc(C#N)cc2F)c1. The minimum Gasteiger partial charge on any atom is -0.378 e. The van der Waals surface area contributed by atoms with E-state index in [4.69, 9.17) is 5.26 Å². The van der Waals surface area contributed by atoms with Gasteiger partial charge in [-0.2, -0.15) is 5.26 Å². The van der Waals surface area contributed by atoms with Crippen molar-refractivity contribution in [1.82, 2.24) is 4.98 Å². The van der Waals surface area contributed by atoms with Crippen LogP contribution in [-0.4, -0.2) is 27.5 Å². The highest BCUT2D eigenvalue weighted by atomic mass is 32.2. The molecule has 0 aliphatic rings. The first-order valence-corrected chi connectivity index (χ1v) is 9.93. The van der Waals surface area contributed by atoms with E-state index < -0.39 is 15.8 Å². The van der Waals surface area contributed by atoms with Gasteiger partial charge in [0.15, 0.2) is 0 Å². The Hall–Kier alpha value is -3.31. The molecular weight excluding hydrogens is 379 g/mol. The zero-order chi connectivity index (χ0) is 20.3. The number of halogens is 1. The third-order valence-electron chi connectivity index (χ3n) is 4.24. The van der Waals surface area contributed by atoms with Crippen LogP contribution in [0.25, 0.3) is 0 Å². The van der Waals surface area contributed by atoms with Crippen LogP contribution in [-0.2, 0) is 16.4 Å². The highest BCUT2D eigenvalue weighted by Crippen LogP contribution is 2.25. The summed E-state index contributed by atoms with van der Waals surface area (Å²) in [5.41, 5.74) is 2.43. The summed E-state index contributed by atoms with van der Waals surface area (Å²) in [4.78, 5) is 4.83. The number of sulfonamides is 1. The maximum Gasteiger partial charge on any atom is 0.263 e. The highest BCUT2D eigenvalue weighted by Gasteiger charge is 2.21. The summed E-state index contributed by atoms with van der Waals surface area (Å²) in [5.74, 6) is -0.807. The van der Waals surface area contributed by atoms with Gasteiger partial charge in [0.1, 0.15) is 10.7 Å². The van der Waals surface area contributed by atoms with Crippen molar-refractivity contribution in [1.29, 1.82) is 5.26 Å². The number of aromatic nitrogens is 1. The van der Waals surface area contributed by atoms with E-state index in [-0.39, 0.29) is 16.1 Å². The van der Waals surface area contributed by atoms with Crippen LogP contribution < -0.4 is 9.62 Å². The smallest absolute Gasteiger partial charge is 0.263 e. The molecule has 2 aromatic carbocycles. The van der Waals surface area contributed by atoms with Crippen molar-refractivity contribution in [3.63, 3.8) is 0 Å². The number of H-pyrrole nitrogens is 1. The molecule has 0 saturated heterocycles. The molecule has 0 radical (unpaired) electrons. The molecule has 28 heavy (non-hydrogen) atoms. The van der Waals surface area contributed by atoms with Crippen LogP contribution in [0.5, 0.6) is 0 Å². The van der Waals surface area contributed by atoms with Gasteiger partial charge in [0, 0.05) is 38.6 Å². The molecule has 3 aromatic rings. The molecule has 0 fully saturated rings. The fourth-order valence-corrected chi connectivity index (χ4v) is 4.07. The molecule has 0 amide bonds. The lowest BCUT2D eigenvalue weighted by atomic mass is 10.1. The second-order valence-corrected chi connectivity index (χ2v) is 8.15. The number of aromatic amines is 1. The fraction of sp³-hybridized carbons (Fsp3) is 0.150. The summed E-state index contributed by atoms with van der Waals surface area (Å²) in [6, 6.07) is 13.2. The van der Waals surface area contributed by atoms with E-state index in [0.29, 0.717) is 12.0 Å². The van der Waals surface area contributed by atoms with Gasteiger partial charge in [-0.1, -0.05) is 12.1 Å². The Morgan fingerprint density at radius 1 is 1.18 bits per heavy atom. The van der Waals surface area contributed by atoms with Crippen molar-refractivity contribution in [2.75, 3.05) is 23.7 Å². The van der Waals surface area contributed by atoms with Crippen LogP contribution in [0.2, 0.25) is 0 Å². The molecule has 144 valence electrons. The summed E-state index contributed by atoms with van der Waals surface area (Å²) >= 11 is 0. The molecule has 0 bridgehead atoms. The molecule has 1 aromatic heterocycles. The van der Waals surface area contributed by atoms with E-state index in [0.717, 1.165) is 17.3 Å². The summed E-state index contributed by atoms with van der Waals surface area (Å²) in [5, 5.41) is 8.80. The molecule has 3 rings (SSSR count). The third kappa shape index (κ3) is 4.15. The monoisotopic (exact) mass is 398 g/mol. The van der Waals surface area contributed by atoms with E-state index in [9.17, 15) is 12.8 Å². The van der Waals surface area contributed by atoms with Gasteiger partial charge in [0.05, 0.1) is 17.3 Å². The van der Waals surface area contributed by atoms with Crippen molar-refractivity contribution in [3.8, 4) is 6.07 Å². The van der Waals surface area contributed by atoms with Gasteiger partial charge >= 0.3 is 0 Å². The average molecular weight is 398 g/mol. The minimum atomic E-state index is -4.00. The van der Waals surface area contributed by atoms with E-state index in [1.165, 1.54) is 18.3 Å². The van der Waals surface area contributed by atoms with E-state index in [2.05, 4.69) is 9.71 Å². The fourth-order valence-electron chi connectivity index (χ4n) is 2.80. The zero-order valence-corrected chi connectivity index (χ0v) is 16.2. The van der Waals surface area contributed by atoms with Gasteiger partial charge in [-0.3, -0.25) is 4.72 Å². The summed E-state index contributed by atoms with van der Waals surface area (Å²) < 4.78 is 41.9. The molecule has 1 heterocycles. The predicted octanol–water partition coefficient (Wildman–Crippen LogP) is 3.48. The summed E-state index contributed by atoms with van der Waals surface area (Å²) in [6.07, 6.45) is 3.39. The van der Waals surface area contributed by atoms with Gasteiger partial charge in [0.2, 0.25) is 0 Å². The number of nitriles is 1. The Labute approximate surface area is 163 Å². The molecule has 2 N–H and O–H groups in total. The number of hydrogen-bond donors (Lipinski definition) is 2. The topological polar surface area (TPSA) is 89.0 Å². The Morgan fingerprint density at radius 2 is 1.96 bits per heavy atom. The second-order valence-electron chi connectivity index (χ2n) is 6.50. The molecular formula is C20H19FN4O2S. The van der Waals surface area contributed by atoms with Crippen molar-refractivity contribution < 1.29 is 12.8 Å². The molecule has 0 atom stereocenters. The van der Waals surface area contributed by atoms with Crippen LogP contribution in [0, 0.1) is 17.1 Å². The Bertz CT molecular complexity index is 1150. The molecule has 0 aliphatic heterocycles. The Kier molecular flexibility index (Phi) is 5.38. The number of anilines is 2. The van der Waals surface area contributed by atoms with Crippen LogP contribution in [0.15, 0.2) is 59.8 Å². The lowest BCUT2D eigenvalue weighted by molar-refractivity contribution is 0.598. The first kappa shape index (κ1) is 19.5. The number of nitrogens with zero attached hydrogens (tertiary/aromatic N) is 2. The minimum absolute atomic E-state index is 0.0477. The van der Waals surface area contributed by atoms with E-state index >= 15 is 0 Å². The molecule has 8 heteroatoms. The number of rotatable bonds is 6. The van der Waals surface area contributed by atoms with Crippen molar-refractivity contribution >= 4 is 21.4 Å². The van der Waals surface area contributed by atoms with Crippen LogP contribution in [0.1, 0.15) is 16.7 Å². The van der Waals surface area contributed by atoms with Gasteiger partial charge in [-0.15, -0.1) is 0 Å². The Morgan fingerprint density at radius 3 is 2.64 bits per heavy atom. The summed E-state index contributed by atoms with van der Waals surface area (Å²) in [6.45, 7) is 0. The normalized spacial score (nSPS) is 11.1. The van der Waals surface area contributed by atoms with Crippen molar-refractivity contribution in [2.24, 2.45) is 0 Å². The maximum atomic E-state index is 14.1. The van der Waals surface area contributed by atoms with Gasteiger partial charge in [-0.05, 0) is 41.5 Å². The summed E-state index contributed by atoms with van der Waals surface area (Å²) in [7, 11) is -0.140. The van der Waals surface area contributed by atoms with Crippen LogP contribution >= 0.6 is 0 Å². The second kappa shape index (κ2) is 7.74. The molecule has 0 unspecified atom stereocenters. The Balaban J connectivity index is 1.88. The van der Waals surface area contributed by atoms with E-state index in [1.807, 2.05) is 49.3 Å². The standard InChI is InChI=1S/C20H19FN4O2S/c1-25(2)17-5-3-4-14(9-17)8-16-12-23-13-20(16)28(26,27)24-19-7-6-15(11-22)10-18(19)21/h3-7,9-10,12-13,23-24H,8H2,1-2H3. The molecule has 0 aliphatic carbocycles. The lowest BCUT2D eigenvalue weighted by Crippen LogP contribution is -2.15. The lowest BCUT2D eigenvalue weighted by Gasteiger charge is -2.14. The molecule has 6 nitrogen and oxygen atoms in total. The number of hydrogen-bond acceptors (Lipinski definition) is 4. The van der Waals surface area contributed by atoms with Crippen LogP contribution in [0.3, 0.4) is 0 Å². The van der Waals surface area contributed by atoms with Gasteiger partial charge < -0.3 is 9.88 Å². The predicted molar refractivity (Wildman–Crippen MR) is 106 cm³/mol.